The van der Waals surface area contributed by atoms with Crippen LogP contribution in [0, 0.1) is 24.2 Å². The second kappa shape index (κ2) is 4.76. The van der Waals surface area contributed by atoms with Gasteiger partial charge in [-0.15, -0.1) is 0 Å². The Hall–Kier alpha value is -2.04. The number of phenolic OH excluding ortho intramolecular Hbond substituents is 1. The van der Waals surface area contributed by atoms with Gasteiger partial charge in [0.25, 0.3) is 0 Å². The quantitative estimate of drug-likeness (QED) is 0.661. The molecule has 1 aromatic carbocycles. The van der Waals surface area contributed by atoms with Gasteiger partial charge in [0, 0.05) is 0 Å². The number of esters is 1. The molecule has 2 aliphatic rings. The monoisotopic (exact) mass is 289 g/mol. The molecule has 0 aliphatic heterocycles. The second-order valence-corrected chi connectivity index (χ2v) is 6.11. The zero-order chi connectivity index (χ0) is 15.2. The van der Waals surface area contributed by atoms with E-state index >= 15 is 0 Å². The van der Waals surface area contributed by atoms with Crippen LogP contribution in [0.2, 0.25) is 0 Å². The zero-order valence-corrected chi connectivity index (χ0v) is 12.2. The molecular formula is C16H19NO4. The van der Waals surface area contributed by atoms with Gasteiger partial charge >= 0.3 is 5.97 Å². The van der Waals surface area contributed by atoms with E-state index < -0.39 is 5.41 Å². The molecule has 2 saturated carbocycles. The number of carbonyl (C=O) groups is 2. The summed E-state index contributed by atoms with van der Waals surface area (Å²) in [7, 11) is 1.38. The number of carbonyl (C=O) groups excluding carboxylic acids is 2. The second-order valence-electron chi connectivity index (χ2n) is 6.11. The van der Waals surface area contributed by atoms with Gasteiger partial charge in [0.2, 0.25) is 5.91 Å². The summed E-state index contributed by atoms with van der Waals surface area (Å²) in [6.07, 6.45) is 2.22. The number of nitrogens with one attached hydrogen (secondary N) is 1. The van der Waals surface area contributed by atoms with Gasteiger partial charge in [0.1, 0.15) is 5.75 Å². The maximum absolute atomic E-state index is 12.5. The van der Waals surface area contributed by atoms with Gasteiger partial charge in [-0.3, -0.25) is 9.59 Å². The maximum Gasteiger partial charge on any atom is 0.309 e. The van der Waals surface area contributed by atoms with Gasteiger partial charge in [-0.05, 0) is 49.8 Å². The van der Waals surface area contributed by atoms with Crippen LogP contribution in [-0.2, 0) is 14.3 Å². The Bertz CT molecular complexity index is 612. The molecule has 2 fully saturated rings. The van der Waals surface area contributed by atoms with Gasteiger partial charge < -0.3 is 15.2 Å². The fraction of sp³-hybridized carbons (Fsp3) is 0.500. The highest BCUT2D eigenvalue weighted by Gasteiger charge is 2.66. The van der Waals surface area contributed by atoms with Crippen molar-refractivity contribution in [3.63, 3.8) is 0 Å². The number of rotatable bonds is 3. The standard InChI is InChI=1S/C16H19NO4/c1-9-3-4-12(13(18)7-9)17-15(20)16-6-5-11(16)10(8-16)14(19)21-2/h3-4,7,10-11,18H,5-6,8H2,1-2H3,(H,17,20). The molecule has 3 atom stereocenters. The van der Waals surface area contributed by atoms with Gasteiger partial charge in [0.05, 0.1) is 24.1 Å². The van der Waals surface area contributed by atoms with Crippen LogP contribution in [-0.4, -0.2) is 24.1 Å². The lowest BCUT2D eigenvalue weighted by Gasteiger charge is -2.60. The van der Waals surface area contributed by atoms with Crippen LogP contribution >= 0.6 is 0 Å². The van der Waals surface area contributed by atoms with Crippen molar-refractivity contribution in [2.45, 2.75) is 26.2 Å². The minimum Gasteiger partial charge on any atom is -0.506 e. The van der Waals surface area contributed by atoms with Crippen LogP contribution < -0.4 is 5.32 Å². The first-order valence-corrected chi connectivity index (χ1v) is 7.17. The number of benzene rings is 1. The first kappa shape index (κ1) is 13.9. The van der Waals surface area contributed by atoms with E-state index in [0.717, 1.165) is 18.4 Å². The van der Waals surface area contributed by atoms with E-state index in [1.807, 2.05) is 13.0 Å². The molecule has 5 nitrogen and oxygen atoms in total. The van der Waals surface area contributed by atoms with Gasteiger partial charge in [0.15, 0.2) is 0 Å². The smallest absolute Gasteiger partial charge is 0.309 e. The molecule has 1 aromatic rings. The van der Waals surface area contributed by atoms with E-state index in [1.54, 1.807) is 12.1 Å². The molecule has 0 aromatic heterocycles. The Morgan fingerprint density at radius 3 is 2.71 bits per heavy atom. The molecule has 2 aliphatic carbocycles. The molecule has 21 heavy (non-hydrogen) atoms. The summed E-state index contributed by atoms with van der Waals surface area (Å²) in [6.45, 7) is 1.87. The average molecular weight is 289 g/mol. The minimum absolute atomic E-state index is 0.0689. The summed E-state index contributed by atoms with van der Waals surface area (Å²) in [5, 5.41) is 12.7. The number of anilines is 1. The predicted molar refractivity (Wildman–Crippen MR) is 76.8 cm³/mol. The number of aryl methyl sites for hydroxylation is 1. The number of aromatic hydroxyl groups is 1. The Balaban J connectivity index is 1.71. The molecule has 3 unspecified atom stereocenters. The molecule has 0 spiro atoms. The van der Waals surface area contributed by atoms with E-state index in [2.05, 4.69) is 5.32 Å². The molecule has 1 amide bonds. The van der Waals surface area contributed by atoms with Gasteiger partial charge in [-0.25, -0.2) is 0 Å². The van der Waals surface area contributed by atoms with Crippen molar-refractivity contribution in [2.24, 2.45) is 17.3 Å². The maximum atomic E-state index is 12.5. The van der Waals surface area contributed by atoms with E-state index in [0.29, 0.717) is 12.1 Å². The Labute approximate surface area is 123 Å². The predicted octanol–water partition coefficient (Wildman–Crippen LogP) is 2.23. The summed E-state index contributed by atoms with van der Waals surface area (Å²) < 4.78 is 4.77. The largest absolute Gasteiger partial charge is 0.506 e. The van der Waals surface area contributed by atoms with Crippen molar-refractivity contribution in [1.82, 2.24) is 0 Å². The fourth-order valence-corrected chi connectivity index (χ4v) is 3.64. The minimum atomic E-state index is -0.448. The summed E-state index contributed by atoms with van der Waals surface area (Å²) >= 11 is 0. The number of amides is 1. The Kier molecular flexibility index (Phi) is 3.15. The van der Waals surface area contributed by atoms with Crippen molar-refractivity contribution < 1.29 is 19.4 Å². The molecule has 0 radical (unpaired) electrons. The lowest BCUT2D eigenvalue weighted by molar-refractivity contribution is -0.185. The van der Waals surface area contributed by atoms with Crippen LogP contribution in [0.5, 0.6) is 5.75 Å². The fourth-order valence-electron chi connectivity index (χ4n) is 3.64. The van der Waals surface area contributed by atoms with E-state index in [9.17, 15) is 14.7 Å². The molecule has 2 N–H and O–H groups in total. The molecule has 112 valence electrons. The van der Waals surface area contributed by atoms with Crippen LogP contribution in [0.1, 0.15) is 24.8 Å². The lowest BCUT2D eigenvalue weighted by Crippen LogP contribution is -2.63. The van der Waals surface area contributed by atoms with E-state index in [-0.39, 0.29) is 29.5 Å². The highest BCUT2D eigenvalue weighted by Crippen LogP contribution is 2.65. The number of hydrogen-bond acceptors (Lipinski definition) is 4. The first-order valence-electron chi connectivity index (χ1n) is 7.17. The van der Waals surface area contributed by atoms with Crippen molar-refractivity contribution >= 4 is 17.6 Å². The molecule has 5 heteroatoms. The first-order chi connectivity index (χ1) is 9.98. The molecular weight excluding hydrogens is 270 g/mol. The summed E-state index contributed by atoms with van der Waals surface area (Å²) in [6, 6.07) is 5.15. The summed E-state index contributed by atoms with van der Waals surface area (Å²) in [5.41, 5.74) is 0.905. The number of methoxy groups -OCH3 is 1. The van der Waals surface area contributed by atoms with Crippen molar-refractivity contribution in [2.75, 3.05) is 12.4 Å². The Morgan fingerprint density at radius 1 is 1.43 bits per heavy atom. The third kappa shape index (κ3) is 1.99. The summed E-state index contributed by atoms with van der Waals surface area (Å²) in [5.74, 6) is -0.322. The number of ether oxygens (including phenoxy) is 1. The molecule has 0 saturated heterocycles. The highest BCUT2D eigenvalue weighted by molar-refractivity contribution is 5.99. The summed E-state index contributed by atoms with van der Waals surface area (Å²) in [4.78, 5) is 24.1. The van der Waals surface area contributed by atoms with Crippen molar-refractivity contribution in [3.8, 4) is 5.75 Å². The lowest BCUT2D eigenvalue weighted by atomic mass is 9.42. The molecule has 3 rings (SSSR count). The number of fused-ring (bicyclic) bond motifs is 1. The van der Waals surface area contributed by atoms with Crippen LogP contribution in [0.3, 0.4) is 0 Å². The molecule has 0 heterocycles. The third-order valence-electron chi connectivity index (χ3n) is 5.04. The van der Waals surface area contributed by atoms with Crippen molar-refractivity contribution in [1.29, 1.82) is 0 Å². The van der Waals surface area contributed by atoms with Crippen LogP contribution in [0.15, 0.2) is 18.2 Å². The van der Waals surface area contributed by atoms with Crippen molar-refractivity contribution in [3.05, 3.63) is 23.8 Å². The average Bonchev–Trinajstić information content (AvgIpc) is 2.43. The van der Waals surface area contributed by atoms with Gasteiger partial charge in [-0.2, -0.15) is 0 Å². The topological polar surface area (TPSA) is 75.6 Å². The number of phenols is 1. The van der Waals surface area contributed by atoms with Crippen LogP contribution in [0.4, 0.5) is 5.69 Å². The third-order valence-corrected chi connectivity index (χ3v) is 5.04. The SMILES string of the molecule is COC(=O)C1CC2(C(=O)Nc3ccc(C)cc3O)CCC12. The highest BCUT2D eigenvalue weighted by atomic mass is 16.5. The molecule has 0 bridgehead atoms. The van der Waals surface area contributed by atoms with Crippen LogP contribution in [0.25, 0.3) is 0 Å². The van der Waals surface area contributed by atoms with Gasteiger partial charge in [-0.1, -0.05) is 6.07 Å². The Morgan fingerprint density at radius 2 is 2.19 bits per heavy atom. The zero-order valence-electron chi connectivity index (χ0n) is 12.2. The van der Waals surface area contributed by atoms with E-state index in [4.69, 9.17) is 4.74 Å². The normalized spacial score (nSPS) is 29.6. The van der Waals surface area contributed by atoms with E-state index in [1.165, 1.54) is 7.11 Å². The number of hydrogen-bond donors (Lipinski definition) is 2.